The molecule has 0 saturated heterocycles. The molecule has 1 aromatic carbocycles. The number of hydrogen-bond donors (Lipinski definition) is 2. The molecule has 1 heterocycles. The highest BCUT2D eigenvalue weighted by molar-refractivity contribution is 7.92. The van der Waals surface area contributed by atoms with Crippen LogP contribution in [0.3, 0.4) is 0 Å². The maximum atomic E-state index is 12.1. The van der Waals surface area contributed by atoms with E-state index in [1.54, 1.807) is 24.3 Å². The van der Waals surface area contributed by atoms with Crippen LogP contribution in [0.2, 0.25) is 0 Å². The molecule has 0 unspecified atom stereocenters. The van der Waals surface area contributed by atoms with Crippen LogP contribution in [0.4, 0.5) is 5.95 Å². The number of benzene rings is 1. The van der Waals surface area contributed by atoms with E-state index in [1.165, 1.54) is 12.4 Å². The molecule has 0 bridgehead atoms. The first-order chi connectivity index (χ1) is 9.62. The van der Waals surface area contributed by atoms with Crippen molar-refractivity contribution in [2.24, 2.45) is 5.73 Å². The predicted octanol–water partition coefficient (Wildman–Crippen LogP) is 0.564. The summed E-state index contributed by atoms with van der Waals surface area (Å²) < 4.78 is 26.4. The molecular formula is C12H15N5O2S. The largest absolute Gasteiger partial charge is 0.330 e. The van der Waals surface area contributed by atoms with Crippen LogP contribution in [0.25, 0.3) is 0 Å². The van der Waals surface area contributed by atoms with E-state index < -0.39 is 10.0 Å². The maximum Gasteiger partial charge on any atom is 0.264 e. The third-order valence-corrected chi connectivity index (χ3v) is 3.96. The van der Waals surface area contributed by atoms with E-state index in [0.29, 0.717) is 6.54 Å². The van der Waals surface area contributed by atoms with Crippen LogP contribution in [-0.2, 0) is 16.4 Å². The molecule has 3 N–H and O–H groups in total. The third-order valence-electron chi connectivity index (χ3n) is 2.61. The Morgan fingerprint density at radius 2 is 1.90 bits per heavy atom. The molecule has 0 atom stereocenters. The molecule has 0 aliphatic carbocycles. The van der Waals surface area contributed by atoms with Crippen LogP contribution in [-0.4, -0.2) is 30.1 Å². The fourth-order valence-electron chi connectivity index (χ4n) is 1.61. The summed E-state index contributed by atoms with van der Waals surface area (Å²) in [5.74, 6) is -0.0558. The maximum absolute atomic E-state index is 12.1. The van der Waals surface area contributed by atoms with Crippen molar-refractivity contribution in [3.05, 3.63) is 42.2 Å². The Kier molecular flexibility index (Phi) is 4.59. The Hall–Kier alpha value is -2.06. The van der Waals surface area contributed by atoms with Crippen LogP contribution >= 0.6 is 0 Å². The normalized spacial score (nSPS) is 11.2. The lowest BCUT2D eigenvalue weighted by Gasteiger charge is -2.06. The summed E-state index contributed by atoms with van der Waals surface area (Å²) in [5.41, 5.74) is 6.48. The predicted molar refractivity (Wildman–Crippen MR) is 74.5 cm³/mol. The van der Waals surface area contributed by atoms with Crippen LogP contribution in [0.5, 0.6) is 0 Å². The number of aryl methyl sites for hydroxylation is 1. The van der Waals surface area contributed by atoms with Gasteiger partial charge in [0.1, 0.15) is 0 Å². The Balaban J connectivity index is 2.13. The molecule has 0 radical (unpaired) electrons. The first kappa shape index (κ1) is 14.4. The van der Waals surface area contributed by atoms with Gasteiger partial charge >= 0.3 is 0 Å². The summed E-state index contributed by atoms with van der Waals surface area (Å²) in [6.45, 7) is 0.611. The first-order valence-corrected chi connectivity index (χ1v) is 7.55. The number of rotatable bonds is 6. The molecule has 106 valence electrons. The smallest absolute Gasteiger partial charge is 0.264 e. The molecule has 0 saturated carbocycles. The second kappa shape index (κ2) is 6.40. The van der Waals surface area contributed by atoms with E-state index in [2.05, 4.69) is 19.9 Å². The van der Waals surface area contributed by atoms with Gasteiger partial charge in [-0.25, -0.2) is 18.1 Å². The number of aromatic nitrogens is 3. The fraction of sp³-hybridized carbons (Fsp3) is 0.250. The van der Waals surface area contributed by atoms with Crippen molar-refractivity contribution >= 4 is 16.0 Å². The zero-order valence-corrected chi connectivity index (χ0v) is 11.5. The zero-order chi connectivity index (χ0) is 14.4. The molecule has 2 rings (SSSR count). The molecule has 7 nitrogen and oxygen atoms in total. The Labute approximate surface area is 117 Å². The number of sulfonamides is 1. The average molecular weight is 293 g/mol. The molecule has 0 aliphatic heterocycles. The van der Waals surface area contributed by atoms with Gasteiger partial charge in [0.05, 0.1) is 17.3 Å². The molecule has 20 heavy (non-hydrogen) atoms. The topological polar surface area (TPSA) is 111 Å². The van der Waals surface area contributed by atoms with Gasteiger partial charge in [-0.1, -0.05) is 12.1 Å². The summed E-state index contributed by atoms with van der Waals surface area (Å²) in [6.07, 6.45) is 4.43. The molecular weight excluding hydrogens is 278 g/mol. The van der Waals surface area contributed by atoms with E-state index in [4.69, 9.17) is 5.73 Å². The summed E-state index contributed by atoms with van der Waals surface area (Å²) in [4.78, 5) is 3.92. The fourth-order valence-corrected chi connectivity index (χ4v) is 2.56. The van der Waals surface area contributed by atoms with Crippen LogP contribution in [0, 0.1) is 0 Å². The SMILES string of the molecule is NCCCc1ccc(S(=O)(=O)Nc2nccnn2)cc1. The molecule has 0 spiro atoms. The molecule has 8 heteroatoms. The van der Waals surface area contributed by atoms with Gasteiger partial charge in [-0.3, -0.25) is 0 Å². The monoisotopic (exact) mass is 293 g/mol. The summed E-state index contributed by atoms with van der Waals surface area (Å²) in [5, 5.41) is 7.14. The summed E-state index contributed by atoms with van der Waals surface area (Å²) >= 11 is 0. The van der Waals surface area contributed by atoms with Gasteiger partial charge in [0, 0.05) is 0 Å². The lowest BCUT2D eigenvalue weighted by molar-refractivity contribution is 0.600. The molecule has 0 fully saturated rings. The van der Waals surface area contributed by atoms with E-state index >= 15 is 0 Å². The average Bonchev–Trinajstić information content (AvgIpc) is 2.46. The Morgan fingerprint density at radius 3 is 2.50 bits per heavy atom. The third kappa shape index (κ3) is 3.72. The van der Waals surface area contributed by atoms with Crippen molar-refractivity contribution in [2.45, 2.75) is 17.7 Å². The number of nitrogens with two attached hydrogens (primary N) is 1. The van der Waals surface area contributed by atoms with Crippen LogP contribution < -0.4 is 10.5 Å². The number of anilines is 1. The van der Waals surface area contributed by atoms with Crippen molar-refractivity contribution in [3.8, 4) is 0 Å². The Bertz CT molecular complexity index is 643. The zero-order valence-electron chi connectivity index (χ0n) is 10.7. The highest BCUT2D eigenvalue weighted by Crippen LogP contribution is 2.14. The minimum atomic E-state index is -3.69. The van der Waals surface area contributed by atoms with Crippen molar-refractivity contribution in [2.75, 3.05) is 11.3 Å². The van der Waals surface area contributed by atoms with Crippen molar-refractivity contribution in [1.29, 1.82) is 0 Å². The highest BCUT2D eigenvalue weighted by Gasteiger charge is 2.15. The molecule has 0 amide bonds. The molecule has 1 aromatic heterocycles. The highest BCUT2D eigenvalue weighted by atomic mass is 32.2. The van der Waals surface area contributed by atoms with E-state index in [1.807, 2.05) is 0 Å². The van der Waals surface area contributed by atoms with E-state index in [9.17, 15) is 8.42 Å². The number of nitrogens with one attached hydrogen (secondary N) is 1. The lowest BCUT2D eigenvalue weighted by Crippen LogP contribution is -2.15. The molecule has 2 aromatic rings. The van der Waals surface area contributed by atoms with Gasteiger partial charge < -0.3 is 5.73 Å². The van der Waals surface area contributed by atoms with Gasteiger partial charge in [0.2, 0.25) is 0 Å². The minimum Gasteiger partial charge on any atom is -0.330 e. The molecule has 0 aliphatic rings. The van der Waals surface area contributed by atoms with Gasteiger partial charge in [-0.05, 0) is 37.1 Å². The van der Waals surface area contributed by atoms with Crippen molar-refractivity contribution in [3.63, 3.8) is 0 Å². The lowest BCUT2D eigenvalue weighted by atomic mass is 10.1. The second-order valence-electron chi connectivity index (χ2n) is 4.11. The number of nitrogens with zero attached hydrogens (tertiary/aromatic N) is 3. The minimum absolute atomic E-state index is 0.0558. The Morgan fingerprint density at radius 1 is 1.15 bits per heavy atom. The van der Waals surface area contributed by atoms with Gasteiger partial charge in [0.15, 0.2) is 0 Å². The summed E-state index contributed by atoms with van der Waals surface area (Å²) in [7, 11) is -3.69. The first-order valence-electron chi connectivity index (χ1n) is 6.07. The van der Waals surface area contributed by atoms with Gasteiger partial charge in [-0.2, -0.15) is 5.10 Å². The van der Waals surface area contributed by atoms with Crippen molar-refractivity contribution in [1.82, 2.24) is 15.2 Å². The summed E-state index contributed by atoms with van der Waals surface area (Å²) in [6, 6.07) is 6.64. The van der Waals surface area contributed by atoms with Crippen LogP contribution in [0.1, 0.15) is 12.0 Å². The second-order valence-corrected chi connectivity index (χ2v) is 5.79. The van der Waals surface area contributed by atoms with Crippen molar-refractivity contribution < 1.29 is 8.42 Å². The van der Waals surface area contributed by atoms with Crippen LogP contribution in [0.15, 0.2) is 41.6 Å². The van der Waals surface area contributed by atoms with Gasteiger partial charge in [-0.15, -0.1) is 5.10 Å². The standard InChI is InChI=1S/C12H15N5O2S/c13-7-1-2-10-3-5-11(6-4-10)20(18,19)17-12-14-8-9-15-16-12/h3-6,8-9H,1-2,7,13H2,(H,14,16,17). The number of hydrogen-bond acceptors (Lipinski definition) is 6. The quantitative estimate of drug-likeness (QED) is 0.805. The van der Waals surface area contributed by atoms with Gasteiger partial charge in [0.25, 0.3) is 16.0 Å². The van der Waals surface area contributed by atoms with E-state index in [0.717, 1.165) is 18.4 Å². The van der Waals surface area contributed by atoms with E-state index in [-0.39, 0.29) is 10.8 Å².